The predicted octanol–water partition coefficient (Wildman–Crippen LogP) is -0.266. The van der Waals surface area contributed by atoms with E-state index in [0.717, 1.165) is 12.8 Å². The van der Waals surface area contributed by atoms with Gasteiger partial charge in [0.15, 0.2) is 0 Å². The summed E-state index contributed by atoms with van der Waals surface area (Å²) in [7, 11) is -0.731. The molecule has 1 aliphatic carbocycles. The minimum Gasteiger partial charge on any atom is -0.481 e. The van der Waals surface area contributed by atoms with Gasteiger partial charge in [-0.15, -0.1) is 0 Å². The molecule has 1 saturated carbocycles. The molecule has 2 N–H and O–H groups in total. The highest BCUT2D eigenvalue weighted by Crippen LogP contribution is 2.38. The maximum Gasteiger partial charge on any atom is 0.307 e. The summed E-state index contributed by atoms with van der Waals surface area (Å²) >= 11 is 0. The number of rotatable bonds is 3. The van der Waals surface area contributed by atoms with Crippen LogP contribution in [0.15, 0.2) is 0 Å². The molecule has 2 aliphatic rings. The van der Waals surface area contributed by atoms with Crippen LogP contribution in [0.2, 0.25) is 0 Å². The average Bonchev–Trinajstić information content (AvgIpc) is 3.01. The van der Waals surface area contributed by atoms with E-state index in [4.69, 9.17) is 5.11 Å². The van der Waals surface area contributed by atoms with Gasteiger partial charge in [-0.2, -0.15) is 0 Å². The molecule has 0 unspecified atom stereocenters. The minimum absolute atomic E-state index is 0.0836. The molecule has 6 heteroatoms. The van der Waals surface area contributed by atoms with Crippen molar-refractivity contribution in [2.45, 2.75) is 25.3 Å². The molecule has 0 aromatic rings. The van der Waals surface area contributed by atoms with Gasteiger partial charge in [0.2, 0.25) is 5.91 Å². The highest BCUT2D eigenvalue weighted by Gasteiger charge is 2.48. The second-order valence-corrected chi connectivity index (χ2v) is 6.11. The molecule has 16 heavy (non-hydrogen) atoms. The molecule has 2 fully saturated rings. The maximum absolute atomic E-state index is 11.6. The molecular formula is C10H15NO4S. The van der Waals surface area contributed by atoms with Crippen molar-refractivity contribution in [1.29, 1.82) is 0 Å². The Morgan fingerprint density at radius 3 is 2.31 bits per heavy atom. The van der Waals surface area contributed by atoms with E-state index >= 15 is 0 Å². The number of carboxylic acids is 1. The van der Waals surface area contributed by atoms with Gasteiger partial charge >= 0.3 is 5.97 Å². The maximum atomic E-state index is 11.6. The Kier molecular flexibility index (Phi) is 3.28. The molecule has 2 rings (SSSR count). The van der Waals surface area contributed by atoms with Crippen molar-refractivity contribution in [3.8, 4) is 0 Å². The van der Waals surface area contributed by atoms with Crippen LogP contribution in [0.1, 0.15) is 19.3 Å². The number of carbonyl (C=O) groups excluding carboxylic acids is 1. The highest BCUT2D eigenvalue weighted by atomic mass is 32.2. The number of carboxylic acid groups (broad SMARTS) is 1. The van der Waals surface area contributed by atoms with E-state index in [1.165, 1.54) is 0 Å². The zero-order valence-corrected chi connectivity index (χ0v) is 9.66. The van der Waals surface area contributed by atoms with E-state index in [9.17, 15) is 13.8 Å². The molecule has 5 nitrogen and oxygen atoms in total. The average molecular weight is 245 g/mol. The minimum atomic E-state index is -0.884. The summed E-state index contributed by atoms with van der Waals surface area (Å²) < 4.78 is 11.1. The van der Waals surface area contributed by atoms with Crippen molar-refractivity contribution in [3.63, 3.8) is 0 Å². The lowest BCUT2D eigenvalue weighted by Gasteiger charge is -2.22. The molecule has 1 heterocycles. The topological polar surface area (TPSA) is 83.5 Å². The van der Waals surface area contributed by atoms with Crippen molar-refractivity contribution in [1.82, 2.24) is 5.32 Å². The van der Waals surface area contributed by atoms with Crippen LogP contribution >= 0.6 is 0 Å². The van der Waals surface area contributed by atoms with Crippen molar-refractivity contribution in [2.75, 3.05) is 11.5 Å². The Hall–Kier alpha value is -0.910. The van der Waals surface area contributed by atoms with Gasteiger partial charge in [-0.05, 0) is 19.3 Å². The van der Waals surface area contributed by atoms with Crippen molar-refractivity contribution in [2.24, 2.45) is 11.8 Å². The number of nitrogens with one attached hydrogen (secondary N) is 1. The third kappa shape index (κ3) is 2.61. The number of hydrogen-bond donors (Lipinski definition) is 2. The van der Waals surface area contributed by atoms with Crippen LogP contribution in [-0.4, -0.2) is 38.7 Å². The van der Waals surface area contributed by atoms with E-state index in [1.807, 2.05) is 0 Å². The van der Waals surface area contributed by atoms with E-state index in [0.29, 0.717) is 17.9 Å². The third-order valence-corrected chi connectivity index (χ3v) is 4.56. The standard InChI is InChI=1S/C10H15NO4S/c12-9(7-5-8(7)10(13)14)11-6-1-3-16(15)4-2-6/h6-8H,1-5H2,(H,11,12)(H,13,14)/t6?,7-,8+,16?/m1/s1. The molecule has 0 aromatic carbocycles. The van der Waals surface area contributed by atoms with Crippen LogP contribution in [0.3, 0.4) is 0 Å². The first-order chi connectivity index (χ1) is 7.58. The molecule has 90 valence electrons. The number of amides is 1. The molecule has 0 radical (unpaired) electrons. The summed E-state index contributed by atoms with van der Waals surface area (Å²) in [5.41, 5.74) is 0. The fourth-order valence-electron chi connectivity index (χ4n) is 2.00. The molecule has 0 bridgehead atoms. The van der Waals surface area contributed by atoms with E-state index in [1.54, 1.807) is 0 Å². The van der Waals surface area contributed by atoms with Crippen molar-refractivity contribution >= 4 is 22.7 Å². The van der Waals surface area contributed by atoms with Crippen LogP contribution in [-0.2, 0) is 20.4 Å². The number of hydrogen-bond acceptors (Lipinski definition) is 3. The van der Waals surface area contributed by atoms with Crippen molar-refractivity contribution in [3.05, 3.63) is 0 Å². The zero-order valence-electron chi connectivity index (χ0n) is 8.85. The number of carbonyl (C=O) groups is 2. The first-order valence-corrected chi connectivity index (χ1v) is 6.95. The quantitative estimate of drug-likeness (QED) is 0.717. The lowest BCUT2D eigenvalue weighted by atomic mass is 10.1. The van der Waals surface area contributed by atoms with Gasteiger partial charge in [-0.3, -0.25) is 13.8 Å². The Labute approximate surface area is 96.1 Å². The predicted molar refractivity (Wildman–Crippen MR) is 58.3 cm³/mol. The van der Waals surface area contributed by atoms with Gasteiger partial charge < -0.3 is 10.4 Å². The third-order valence-electron chi connectivity index (χ3n) is 3.18. The highest BCUT2D eigenvalue weighted by molar-refractivity contribution is 7.85. The van der Waals surface area contributed by atoms with Gasteiger partial charge in [0.1, 0.15) is 0 Å². The van der Waals surface area contributed by atoms with Gasteiger partial charge in [-0.25, -0.2) is 0 Å². The number of aliphatic carboxylic acids is 1. The Morgan fingerprint density at radius 2 is 1.81 bits per heavy atom. The summed E-state index contributed by atoms with van der Waals surface area (Å²) in [5, 5.41) is 11.5. The van der Waals surface area contributed by atoms with E-state index in [-0.39, 0.29) is 17.9 Å². The van der Waals surface area contributed by atoms with Crippen LogP contribution in [0.4, 0.5) is 0 Å². The summed E-state index contributed by atoms with van der Waals surface area (Å²) in [6, 6.07) is 0.0836. The fraction of sp³-hybridized carbons (Fsp3) is 0.800. The van der Waals surface area contributed by atoms with Crippen LogP contribution < -0.4 is 5.32 Å². The fourth-order valence-corrected chi connectivity index (χ4v) is 3.30. The summed E-state index contributed by atoms with van der Waals surface area (Å²) in [4.78, 5) is 22.2. The monoisotopic (exact) mass is 245 g/mol. The van der Waals surface area contributed by atoms with Crippen LogP contribution in [0.25, 0.3) is 0 Å². The van der Waals surface area contributed by atoms with Gasteiger partial charge in [0.25, 0.3) is 0 Å². The van der Waals surface area contributed by atoms with Crippen LogP contribution in [0.5, 0.6) is 0 Å². The molecule has 2 atom stereocenters. The second-order valence-electron chi connectivity index (χ2n) is 4.42. The second kappa shape index (κ2) is 4.53. The summed E-state index contributed by atoms with van der Waals surface area (Å²) in [6.45, 7) is 0. The summed E-state index contributed by atoms with van der Waals surface area (Å²) in [6.07, 6.45) is 1.94. The van der Waals surface area contributed by atoms with Crippen molar-refractivity contribution < 1.29 is 18.9 Å². The largest absolute Gasteiger partial charge is 0.481 e. The van der Waals surface area contributed by atoms with Crippen LogP contribution in [0, 0.1) is 11.8 Å². The molecule has 0 spiro atoms. The normalized spacial score (nSPS) is 37.8. The van der Waals surface area contributed by atoms with Gasteiger partial charge in [0, 0.05) is 28.3 Å². The molecule has 1 aliphatic heterocycles. The van der Waals surface area contributed by atoms with E-state index in [2.05, 4.69) is 5.32 Å². The first kappa shape index (κ1) is 11.6. The van der Waals surface area contributed by atoms with Gasteiger partial charge in [-0.1, -0.05) is 0 Å². The Balaban J connectivity index is 1.76. The molecule has 1 saturated heterocycles. The van der Waals surface area contributed by atoms with Gasteiger partial charge in [0.05, 0.1) is 11.8 Å². The Bertz CT molecular complexity index is 334. The zero-order chi connectivity index (χ0) is 11.7. The first-order valence-electron chi connectivity index (χ1n) is 5.46. The molecule has 0 aromatic heterocycles. The lowest BCUT2D eigenvalue weighted by Crippen LogP contribution is -2.40. The molecular weight excluding hydrogens is 230 g/mol. The van der Waals surface area contributed by atoms with E-state index < -0.39 is 22.7 Å². The SMILES string of the molecule is O=C(O)[C@H]1C[C@H]1C(=O)NC1CCS(=O)CC1. The summed E-state index contributed by atoms with van der Waals surface area (Å²) in [5.74, 6) is -0.590. The smallest absolute Gasteiger partial charge is 0.307 e. The lowest BCUT2D eigenvalue weighted by molar-refractivity contribution is -0.140. The Morgan fingerprint density at radius 1 is 1.19 bits per heavy atom. The molecule has 1 amide bonds.